The zero-order chi connectivity index (χ0) is 22.7. The molecular weight excluding hydrogens is 418 g/mol. The number of rotatable bonds is 5. The Balaban J connectivity index is 1.71. The molecule has 3 aromatic rings. The van der Waals surface area contributed by atoms with Crippen LogP contribution in [0.5, 0.6) is 0 Å². The van der Waals surface area contributed by atoms with E-state index in [1.807, 2.05) is 40.7 Å². The lowest BCUT2D eigenvalue weighted by molar-refractivity contribution is 0.0966. The fourth-order valence-electron chi connectivity index (χ4n) is 3.80. The minimum atomic E-state index is -0.635. The van der Waals surface area contributed by atoms with E-state index in [1.165, 1.54) is 0 Å². The molecule has 2 aromatic carbocycles. The summed E-state index contributed by atoms with van der Waals surface area (Å²) in [4.78, 5) is 37.1. The summed E-state index contributed by atoms with van der Waals surface area (Å²) in [5, 5.41) is 9.41. The SMILES string of the molecule is Cc1cc([C@H](Nc2c(Nc3ccc(Cl)c4c3C(=O)NC4)c(=O)c2=O)C(C)(C)C)oc1C. The number of aryl methyl sites for hydroxylation is 2. The summed E-state index contributed by atoms with van der Waals surface area (Å²) in [5.74, 6) is 1.22. The largest absolute Gasteiger partial charge is 0.464 e. The molecule has 0 saturated carbocycles. The van der Waals surface area contributed by atoms with Gasteiger partial charge in [0.25, 0.3) is 16.8 Å². The van der Waals surface area contributed by atoms with Crippen molar-refractivity contribution in [2.75, 3.05) is 10.6 Å². The number of halogens is 1. The van der Waals surface area contributed by atoms with Crippen LogP contribution in [0.25, 0.3) is 0 Å². The Morgan fingerprint density at radius 1 is 1.10 bits per heavy atom. The third-order valence-corrected chi connectivity index (χ3v) is 6.06. The molecule has 3 N–H and O–H groups in total. The molecule has 0 spiro atoms. The van der Waals surface area contributed by atoms with Crippen LogP contribution in [0.15, 0.2) is 32.2 Å². The summed E-state index contributed by atoms with van der Waals surface area (Å²) in [6, 6.07) is 4.89. The Kier molecular flexibility index (Phi) is 4.97. The number of hydrogen-bond acceptors (Lipinski definition) is 6. The topological polar surface area (TPSA) is 100 Å². The number of benzene rings is 1. The number of anilines is 3. The van der Waals surface area contributed by atoms with E-state index in [-0.39, 0.29) is 28.7 Å². The Hall–Kier alpha value is -3.06. The van der Waals surface area contributed by atoms with Gasteiger partial charge in [-0.3, -0.25) is 14.4 Å². The van der Waals surface area contributed by atoms with Crippen LogP contribution >= 0.6 is 11.6 Å². The average molecular weight is 442 g/mol. The lowest BCUT2D eigenvalue weighted by Gasteiger charge is -2.31. The second-order valence-corrected chi connectivity index (χ2v) is 9.40. The summed E-state index contributed by atoms with van der Waals surface area (Å²) in [6.07, 6.45) is 0. The number of nitrogens with one attached hydrogen (secondary N) is 3. The van der Waals surface area contributed by atoms with Crippen LogP contribution in [-0.2, 0) is 6.54 Å². The van der Waals surface area contributed by atoms with E-state index < -0.39 is 10.9 Å². The third-order valence-electron chi connectivity index (χ3n) is 5.70. The Bertz CT molecular complexity index is 1260. The van der Waals surface area contributed by atoms with Crippen molar-refractivity contribution in [2.24, 2.45) is 5.41 Å². The summed E-state index contributed by atoms with van der Waals surface area (Å²) in [5.41, 5.74) is 1.25. The van der Waals surface area contributed by atoms with Crippen LogP contribution in [0.1, 0.15) is 59.8 Å². The van der Waals surface area contributed by atoms with Gasteiger partial charge in [0.2, 0.25) is 0 Å². The van der Waals surface area contributed by atoms with E-state index in [4.69, 9.17) is 16.0 Å². The molecule has 0 unspecified atom stereocenters. The van der Waals surface area contributed by atoms with Crippen molar-refractivity contribution in [1.82, 2.24) is 5.32 Å². The number of furan rings is 1. The lowest BCUT2D eigenvalue weighted by Crippen LogP contribution is -2.39. The van der Waals surface area contributed by atoms with Crippen molar-refractivity contribution in [3.05, 3.63) is 71.9 Å². The molecule has 2 heterocycles. The maximum atomic E-state index is 12.4. The summed E-state index contributed by atoms with van der Waals surface area (Å²) in [7, 11) is 0. The van der Waals surface area contributed by atoms with Crippen LogP contribution in [0.2, 0.25) is 5.02 Å². The van der Waals surface area contributed by atoms with E-state index >= 15 is 0 Å². The van der Waals surface area contributed by atoms with Gasteiger partial charge in [-0.05, 0) is 43.0 Å². The van der Waals surface area contributed by atoms with Gasteiger partial charge in [-0.25, -0.2) is 0 Å². The molecule has 0 fully saturated rings. The van der Waals surface area contributed by atoms with Gasteiger partial charge < -0.3 is 20.4 Å². The Morgan fingerprint density at radius 3 is 2.39 bits per heavy atom. The van der Waals surface area contributed by atoms with Gasteiger partial charge in [0, 0.05) is 17.1 Å². The smallest absolute Gasteiger partial charge is 0.254 e. The van der Waals surface area contributed by atoms with Gasteiger partial charge in [0.05, 0.1) is 17.3 Å². The van der Waals surface area contributed by atoms with Crippen molar-refractivity contribution in [2.45, 2.75) is 47.2 Å². The van der Waals surface area contributed by atoms with E-state index in [0.717, 1.165) is 11.3 Å². The van der Waals surface area contributed by atoms with Crippen LogP contribution in [0.4, 0.5) is 17.1 Å². The number of fused-ring (bicyclic) bond motifs is 1. The molecule has 7 nitrogen and oxygen atoms in total. The minimum Gasteiger partial charge on any atom is -0.464 e. The van der Waals surface area contributed by atoms with Gasteiger partial charge in [0.15, 0.2) is 0 Å². The molecule has 0 radical (unpaired) electrons. The van der Waals surface area contributed by atoms with Crippen molar-refractivity contribution >= 4 is 34.6 Å². The molecule has 8 heteroatoms. The summed E-state index contributed by atoms with van der Waals surface area (Å²) >= 11 is 6.20. The molecule has 1 aliphatic heterocycles. The number of carbonyl (C=O) groups is 1. The summed E-state index contributed by atoms with van der Waals surface area (Å²) in [6.45, 7) is 10.2. The molecule has 162 valence electrons. The third kappa shape index (κ3) is 3.53. The van der Waals surface area contributed by atoms with E-state index in [0.29, 0.717) is 34.1 Å². The predicted octanol–water partition coefficient (Wildman–Crippen LogP) is 4.33. The molecule has 4 rings (SSSR count). The molecular formula is C23H24ClN3O4. The van der Waals surface area contributed by atoms with Gasteiger partial charge in [-0.2, -0.15) is 0 Å². The first-order valence-corrected chi connectivity index (χ1v) is 10.4. The molecule has 1 amide bonds. The van der Waals surface area contributed by atoms with Crippen LogP contribution in [0.3, 0.4) is 0 Å². The van der Waals surface area contributed by atoms with Crippen molar-refractivity contribution in [3.8, 4) is 0 Å². The van der Waals surface area contributed by atoms with Crippen LogP contribution < -0.4 is 26.8 Å². The number of carbonyl (C=O) groups excluding carboxylic acids is 1. The van der Waals surface area contributed by atoms with Crippen LogP contribution in [-0.4, -0.2) is 5.91 Å². The maximum Gasteiger partial charge on any atom is 0.254 e. The zero-order valence-electron chi connectivity index (χ0n) is 18.0. The molecule has 1 aromatic heterocycles. The highest BCUT2D eigenvalue weighted by Crippen LogP contribution is 2.39. The van der Waals surface area contributed by atoms with Crippen molar-refractivity contribution < 1.29 is 9.21 Å². The van der Waals surface area contributed by atoms with Crippen molar-refractivity contribution in [1.29, 1.82) is 0 Å². The first-order valence-electron chi connectivity index (χ1n) is 10.0. The van der Waals surface area contributed by atoms with Crippen LogP contribution in [0, 0.1) is 19.3 Å². The van der Waals surface area contributed by atoms with Gasteiger partial charge >= 0.3 is 0 Å². The fourth-order valence-corrected chi connectivity index (χ4v) is 4.03. The Morgan fingerprint density at radius 2 is 1.77 bits per heavy atom. The Labute approximate surface area is 184 Å². The molecule has 0 bridgehead atoms. The molecule has 0 saturated heterocycles. The predicted molar refractivity (Wildman–Crippen MR) is 121 cm³/mol. The first kappa shape index (κ1) is 21.2. The summed E-state index contributed by atoms with van der Waals surface area (Å²) < 4.78 is 5.91. The van der Waals surface area contributed by atoms with Gasteiger partial charge in [-0.1, -0.05) is 32.4 Å². The average Bonchev–Trinajstić information content (AvgIpc) is 3.24. The fraction of sp³-hybridized carbons (Fsp3) is 0.348. The van der Waals surface area contributed by atoms with E-state index in [2.05, 4.69) is 16.0 Å². The standard InChI is InChI=1S/C23H24ClN3O4/c1-10-8-15(31-11(10)2)21(23(3,4)5)27-18-17(19(28)20(18)29)26-14-7-6-13(24)12-9-25-22(30)16(12)14/h6-8,21,26-27H,9H2,1-5H3,(H,25,30)/t21-/m0/s1. The monoisotopic (exact) mass is 441 g/mol. The highest BCUT2D eigenvalue weighted by Gasteiger charge is 2.34. The highest BCUT2D eigenvalue weighted by atomic mass is 35.5. The molecule has 31 heavy (non-hydrogen) atoms. The quantitative estimate of drug-likeness (QED) is 0.509. The first-order chi connectivity index (χ1) is 14.5. The molecule has 0 aliphatic carbocycles. The number of amides is 1. The maximum absolute atomic E-state index is 12.4. The second kappa shape index (κ2) is 7.27. The van der Waals surface area contributed by atoms with Gasteiger partial charge in [0.1, 0.15) is 22.9 Å². The molecule has 1 atom stereocenters. The van der Waals surface area contributed by atoms with Gasteiger partial charge in [-0.15, -0.1) is 0 Å². The minimum absolute atomic E-state index is 0.128. The second-order valence-electron chi connectivity index (χ2n) is 9.00. The van der Waals surface area contributed by atoms with E-state index in [9.17, 15) is 14.4 Å². The molecule has 1 aliphatic rings. The van der Waals surface area contributed by atoms with Crippen molar-refractivity contribution in [3.63, 3.8) is 0 Å². The normalized spacial score (nSPS) is 14.5. The number of hydrogen-bond donors (Lipinski definition) is 3. The van der Waals surface area contributed by atoms with E-state index in [1.54, 1.807) is 12.1 Å². The zero-order valence-corrected chi connectivity index (χ0v) is 18.8. The lowest BCUT2D eigenvalue weighted by atomic mass is 9.84. The highest BCUT2D eigenvalue weighted by molar-refractivity contribution is 6.32.